The van der Waals surface area contributed by atoms with Crippen LogP contribution in [-0.2, 0) is 11.4 Å². The molecule has 2 nitrogen and oxygen atoms in total. The Hall–Kier alpha value is -2.42. The molecule has 2 rings (SSSR count). The molecule has 0 aliphatic rings. The van der Waals surface area contributed by atoms with Crippen LogP contribution in [0.15, 0.2) is 54.6 Å². The summed E-state index contributed by atoms with van der Waals surface area (Å²) >= 11 is 0. The summed E-state index contributed by atoms with van der Waals surface area (Å²) in [5.41, 5.74) is 1.84. The lowest BCUT2D eigenvalue weighted by Crippen LogP contribution is -1.95. The van der Waals surface area contributed by atoms with Gasteiger partial charge in [-0.2, -0.15) is 0 Å². The van der Waals surface area contributed by atoms with Gasteiger partial charge in [-0.25, -0.2) is 4.39 Å². The predicted octanol–water partition coefficient (Wildman–Crippen LogP) is 3.62. The fraction of sp³-hybridized carbons (Fsp3) is 0.0625. The van der Waals surface area contributed by atoms with E-state index in [1.807, 2.05) is 24.3 Å². The fourth-order valence-corrected chi connectivity index (χ4v) is 1.57. The number of benzene rings is 2. The molecule has 0 fully saturated rings. The number of carbonyl (C=O) groups excluding carboxylic acids is 1. The van der Waals surface area contributed by atoms with Crippen LogP contribution < -0.4 is 4.74 Å². The van der Waals surface area contributed by atoms with E-state index in [0.29, 0.717) is 6.61 Å². The van der Waals surface area contributed by atoms with Crippen molar-refractivity contribution in [1.82, 2.24) is 0 Å². The zero-order valence-corrected chi connectivity index (χ0v) is 10.3. The minimum atomic E-state index is -0.255. The van der Waals surface area contributed by atoms with Crippen LogP contribution in [0.3, 0.4) is 0 Å². The van der Waals surface area contributed by atoms with Crippen molar-refractivity contribution in [2.24, 2.45) is 0 Å². The minimum Gasteiger partial charge on any atom is -0.489 e. The molecule has 0 atom stereocenters. The first-order valence-corrected chi connectivity index (χ1v) is 5.87. The lowest BCUT2D eigenvalue weighted by atomic mass is 10.2. The maximum absolute atomic E-state index is 12.7. The van der Waals surface area contributed by atoms with E-state index in [9.17, 15) is 9.18 Å². The third kappa shape index (κ3) is 4.07. The summed E-state index contributed by atoms with van der Waals surface area (Å²) in [5.74, 6) is 0.475. The maximum Gasteiger partial charge on any atom is 0.142 e. The van der Waals surface area contributed by atoms with Crippen LogP contribution in [0, 0.1) is 5.82 Å². The zero-order valence-electron chi connectivity index (χ0n) is 10.3. The van der Waals surface area contributed by atoms with Crippen LogP contribution in [0.5, 0.6) is 5.75 Å². The molecule has 0 saturated heterocycles. The van der Waals surface area contributed by atoms with Crippen molar-refractivity contribution in [3.63, 3.8) is 0 Å². The molecule has 19 heavy (non-hydrogen) atoms. The highest BCUT2D eigenvalue weighted by Gasteiger charge is 1.97. The molecular formula is C16H13FO2. The maximum atomic E-state index is 12.7. The molecule has 0 N–H and O–H groups in total. The van der Waals surface area contributed by atoms with Gasteiger partial charge >= 0.3 is 0 Å². The van der Waals surface area contributed by atoms with Gasteiger partial charge in [-0.1, -0.05) is 30.3 Å². The number of carbonyl (C=O) groups is 1. The number of ether oxygens (including phenoxy) is 1. The van der Waals surface area contributed by atoms with E-state index in [0.717, 1.165) is 23.2 Å². The number of halogens is 1. The lowest BCUT2D eigenvalue weighted by Gasteiger charge is -2.06. The molecule has 0 radical (unpaired) electrons. The van der Waals surface area contributed by atoms with Gasteiger partial charge in [-0.15, -0.1) is 0 Å². The number of aldehydes is 1. The average Bonchev–Trinajstić information content (AvgIpc) is 2.46. The second-order valence-corrected chi connectivity index (χ2v) is 3.98. The van der Waals surface area contributed by atoms with Crippen molar-refractivity contribution in [2.75, 3.05) is 0 Å². The molecule has 2 aromatic rings. The number of rotatable bonds is 5. The smallest absolute Gasteiger partial charge is 0.142 e. The van der Waals surface area contributed by atoms with Crippen molar-refractivity contribution in [2.45, 2.75) is 6.61 Å². The van der Waals surface area contributed by atoms with E-state index in [4.69, 9.17) is 4.74 Å². The van der Waals surface area contributed by atoms with Gasteiger partial charge in [0.15, 0.2) is 0 Å². The van der Waals surface area contributed by atoms with Crippen molar-refractivity contribution in [3.8, 4) is 5.75 Å². The summed E-state index contributed by atoms with van der Waals surface area (Å²) in [5, 5.41) is 0. The molecule has 0 spiro atoms. The summed E-state index contributed by atoms with van der Waals surface area (Å²) in [6.07, 6.45) is 3.89. The molecular weight excluding hydrogens is 243 g/mol. The molecule has 0 aromatic heterocycles. The Labute approximate surface area is 111 Å². The highest BCUT2D eigenvalue weighted by atomic mass is 19.1. The van der Waals surface area contributed by atoms with Crippen molar-refractivity contribution < 1.29 is 13.9 Å². The van der Waals surface area contributed by atoms with Crippen LogP contribution in [0.4, 0.5) is 4.39 Å². The predicted molar refractivity (Wildman–Crippen MR) is 72.3 cm³/mol. The molecule has 0 saturated carbocycles. The summed E-state index contributed by atoms with van der Waals surface area (Å²) < 4.78 is 18.3. The van der Waals surface area contributed by atoms with Crippen molar-refractivity contribution >= 4 is 12.4 Å². The second-order valence-electron chi connectivity index (χ2n) is 3.98. The summed E-state index contributed by atoms with van der Waals surface area (Å²) in [7, 11) is 0. The van der Waals surface area contributed by atoms with Gasteiger partial charge in [0, 0.05) is 0 Å². The van der Waals surface area contributed by atoms with E-state index in [-0.39, 0.29) is 5.82 Å². The first-order chi connectivity index (χ1) is 9.28. The Kier molecular flexibility index (Phi) is 4.45. The average molecular weight is 256 g/mol. The molecule has 2 aromatic carbocycles. The van der Waals surface area contributed by atoms with Gasteiger partial charge < -0.3 is 4.74 Å². The third-order valence-electron chi connectivity index (χ3n) is 2.57. The second kappa shape index (κ2) is 6.50. The summed E-state index contributed by atoms with van der Waals surface area (Å²) in [6.45, 7) is 0.393. The molecule has 96 valence electrons. The monoisotopic (exact) mass is 256 g/mol. The van der Waals surface area contributed by atoms with Gasteiger partial charge in [0.1, 0.15) is 24.5 Å². The van der Waals surface area contributed by atoms with Crippen LogP contribution in [-0.4, -0.2) is 6.29 Å². The van der Waals surface area contributed by atoms with Crippen LogP contribution in [0.25, 0.3) is 6.08 Å². The molecule has 0 unspecified atom stereocenters. The van der Waals surface area contributed by atoms with Gasteiger partial charge in [-0.05, 0) is 41.5 Å². The highest BCUT2D eigenvalue weighted by molar-refractivity contribution is 5.73. The van der Waals surface area contributed by atoms with Crippen LogP contribution in [0.1, 0.15) is 11.1 Å². The lowest BCUT2D eigenvalue weighted by molar-refractivity contribution is -0.104. The molecule has 0 heterocycles. The molecule has 0 aliphatic heterocycles. The van der Waals surface area contributed by atoms with E-state index < -0.39 is 0 Å². The number of allylic oxidation sites excluding steroid dienone is 1. The zero-order chi connectivity index (χ0) is 13.5. The molecule has 3 heteroatoms. The molecule has 0 bridgehead atoms. The topological polar surface area (TPSA) is 26.3 Å². The Bertz CT molecular complexity index is 556. The Morgan fingerprint density at radius 2 is 1.68 bits per heavy atom. The van der Waals surface area contributed by atoms with Crippen LogP contribution >= 0.6 is 0 Å². The van der Waals surface area contributed by atoms with Gasteiger partial charge in [0.05, 0.1) is 0 Å². The minimum absolute atomic E-state index is 0.255. The normalized spacial score (nSPS) is 10.6. The Morgan fingerprint density at radius 1 is 1.00 bits per heavy atom. The standard InChI is InChI=1S/C16H13FO2/c17-15-7-3-14(4-8-15)12-19-16-9-5-13(6-10-16)2-1-11-18/h1-11H,12H2. The van der Waals surface area contributed by atoms with Crippen molar-refractivity contribution in [3.05, 3.63) is 71.6 Å². The SMILES string of the molecule is O=CC=Cc1ccc(OCc2ccc(F)cc2)cc1. The fourth-order valence-electron chi connectivity index (χ4n) is 1.57. The summed E-state index contributed by atoms with van der Waals surface area (Å²) in [6, 6.07) is 13.6. The highest BCUT2D eigenvalue weighted by Crippen LogP contribution is 2.15. The number of hydrogen-bond acceptors (Lipinski definition) is 2. The summed E-state index contributed by atoms with van der Waals surface area (Å²) in [4.78, 5) is 10.2. The van der Waals surface area contributed by atoms with Gasteiger partial charge in [-0.3, -0.25) is 4.79 Å². The van der Waals surface area contributed by atoms with E-state index in [1.54, 1.807) is 18.2 Å². The number of hydrogen-bond donors (Lipinski definition) is 0. The third-order valence-corrected chi connectivity index (χ3v) is 2.57. The first kappa shape index (κ1) is 13.0. The van der Waals surface area contributed by atoms with E-state index in [1.165, 1.54) is 18.2 Å². The molecule has 0 aliphatic carbocycles. The van der Waals surface area contributed by atoms with Crippen molar-refractivity contribution in [1.29, 1.82) is 0 Å². The first-order valence-electron chi connectivity index (χ1n) is 5.87. The molecule has 0 amide bonds. The quantitative estimate of drug-likeness (QED) is 0.603. The van der Waals surface area contributed by atoms with Gasteiger partial charge in [0.25, 0.3) is 0 Å². The van der Waals surface area contributed by atoms with E-state index >= 15 is 0 Å². The van der Waals surface area contributed by atoms with Crippen LogP contribution in [0.2, 0.25) is 0 Å². The Morgan fingerprint density at radius 3 is 2.32 bits per heavy atom. The largest absolute Gasteiger partial charge is 0.489 e. The van der Waals surface area contributed by atoms with Gasteiger partial charge in [0.2, 0.25) is 0 Å². The van der Waals surface area contributed by atoms with E-state index in [2.05, 4.69) is 0 Å². The Balaban J connectivity index is 1.94.